The molecule has 4 rings (SSSR count). The summed E-state index contributed by atoms with van der Waals surface area (Å²) in [6, 6.07) is 10.5. The molecule has 1 aliphatic heterocycles. The Kier molecular flexibility index (Phi) is 4.45. The number of rotatable bonds is 3. The molecule has 1 aromatic carbocycles. The van der Waals surface area contributed by atoms with Crippen molar-refractivity contribution in [3.05, 3.63) is 58.0 Å². The van der Waals surface area contributed by atoms with E-state index < -0.39 is 0 Å². The maximum Gasteiger partial charge on any atom is 0.250 e. The molecule has 136 valence electrons. The lowest BCUT2D eigenvalue weighted by atomic mass is 9.88. The van der Waals surface area contributed by atoms with Crippen molar-refractivity contribution in [2.24, 2.45) is 7.05 Å². The fourth-order valence-electron chi connectivity index (χ4n) is 4.21. The molecule has 0 spiro atoms. The van der Waals surface area contributed by atoms with Crippen LogP contribution in [0.25, 0.3) is 22.2 Å². The van der Waals surface area contributed by atoms with Gasteiger partial charge >= 0.3 is 0 Å². The Morgan fingerprint density at radius 1 is 1.12 bits per heavy atom. The topological polar surface area (TPSA) is 49.8 Å². The molecule has 1 fully saturated rings. The molecule has 1 aliphatic rings. The standard InChI is InChI=1S/C22H27N3O/c1-14(2)21-18-12-16(15-8-10-23-11-9-15)4-6-19(18)24-22(21)17-5-7-20(26)25(3)13-17/h4-7,12-15,23-24H,8-11H2,1-3H3. The van der Waals surface area contributed by atoms with E-state index in [1.807, 2.05) is 12.3 Å². The van der Waals surface area contributed by atoms with Gasteiger partial charge in [0.1, 0.15) is 0 Å². The van der Waals surface area contributed by atoms with E-state index in [4.69, 9.17) is 0 Å². The second-order valence-corrected chi connectivity index (χ2v) is 7.76. The Morgan fingerprint density at radius 2 is 1.88 bits per heavy atom. The molecule has 3 heterocycles. The summed E-state index contributed by atoms with van der Waals surface area (Å²) in [6.45, 7) is 6.70. The van der Waals surface area contributed by atoms with E-state index in [0.717, 1.165) is 24.3 Å². The van der Waals surface area contributed by atoms with Gasteiger partial charge in [0, 0.05) is 35.8 Å². The number of hydrogen-bond acceptors (Lipinski definition) is 2. The van der Waals surface area contributed by atoms with Crippen LogP contribution in [-0.2, 0) is 7.05 Å². The smallest absolute Gasteiger partial charge is 0.250 e. The molecule has 0 saturated carbocycles. The summed E-state index contributed by atoms with van der Waals surface area (Å²) < 4.78 is 1.64. The molecule has 0 aliphatic carbocycles. The summed E-state index contributed by atoms with van der Waals surface area (Å²) in [4.78, 5) is 15.4. The number of nitrogens with zero attached hydrogens (tertiary/aromatic N) is 1. The van der Waals surface area contributed by atoms with E-state index in [1.54, 1.807) is 17.7 Å². The molecule has 0 unspecified atom stereocenters. The van der Waals surface area contributed by atoms with Crippen molar-refractivity contribution in [3.63, 3.8) is 0 Å². The SMILES string of the molecule is CC(C)c1c(-c2ccc(=O)n(C)c2)[nH]c2ccc(C3CCNCC3)cc12. The van der Waals surface area contributed by atoms with Gasteiger partial charge in [0.25, 0.3) is 0 Å². The third-order valence-electron chi connectivity index (χ3n) is 5.63. The monoisotopic (exact) mass is 349 g/mol. The van der Waals surface area contributed by atoms with Crippen LogP contribution in [0.4, 0.5) is 0 Å². The molecule has 0 bridgehead atoms. The first-order valence-electron chi connectivity index (χ1n) is 9.58. The van der Waals surface area contributed by atoms with Gasteiger partial charge in [-0.2, -0.15) is 0 Å². The number of pyridine rings is 1. The second kappa shape index (κ2) is 6.76. The third kappa shape index (κ3) is 2.99. The first-order valence-corrected chi connectivity index (χ1v) is 9.58. The highest BCUT2D eigenvalue weighted by molar-refractivity contribution is 5.91. The quantitative estimate of drug-likeness (QED) is 0.747. The lowest BCUT2D eigenvalue weighted by molar-refractivity contribution is 0.460. The van der Waals surface area contributed by atoms with Crippen LogP contribution in [0.15, 0.2) is 41.3 Å². The molecule has 3 aromatic rings. The number of H-pyrrole nitrogens is 1. The molecule has 4 heteroatoms. The van der Waals surface area contributed by atoms with Gasteiger partial charge in [-0.15, -0.1) is 0 Å². The predicted molar refractivity (Wildman–Crippen MR) is 108 cm³/mol. The maximum atomic E-state index is 11.8. The molecule has 0 radical (unpaired) electrons. The van der Waals surface area contributed by atoms with Crippen LogP contribution < -0.4 is 10.9 Å². The lowest BCUT2D eigenvalue weighted by Gasteiger charge is -2.23. The van der Waals surface area contributed by atoms with Crippen LogP contribution >= 0.6 is 0 Å². The largest absolute Gasteiger partial charge is 0.354 e. The molecule has 4 nitrogen and oxygen atoms in total. The summed E-state index contributed by atoms with van der Waals surface area (Å²) in [5.74, 6) is 1.05. The van der Waals surface area contributed by atoms with Crippen LogP contribution in [0.2, 0.25) is 0 Å². The zero-order chi connectivity index (χ0) is 18.3. The number of aromatic nitrogens is 2. The van der Waals surface area contributed by atoms with E-state index in [0.29, 0.717) is 11.8 Å². The van der Waals surface area contributed by atoms with Gasteiger partial charge in [-0.05, 0) is 67.1 Å². The number of nitrogens with one attached hydrogen (secondary N) is 2. The second-order valence-electron chi connectivity index (χ2n) is 7.76. The number of aryl methyl sites for hydroxylation is 1. The van der Waals surface area contributed by atoms with Gasteiger partial charge in [-0.25, -0.2) is 0 Å². The first-order chi connectivity index (χ1) is 12.5. The average molecular weight is 349 g/mol. The van der Waals surface area contributed by atoms with Gasteiger partial charge in [-0.3, -0.25) is 4.79 Å². The van der Waals surface area contributed by atoms with Crippen molar-refractivity contribution in [3.8, 4) is 11.3 Å². The Balaban J connectivity index is 1.86. The number of fused-ring (bicyclic) bond motifs is 1. The highest BCUT2D eigenvalue weighted by atomic mass is 16.1. The van der Waals surface area contributed by atoms with Crippen molar-refractivity contribution in [2.75, 3.05) is 13.1 Å². The minimum Gasteiger partial charge on any atom is -0.354 e. The fraction of sp³-hybridized carbons (Fsp3) is 0.409. The maximum absolute atomic E-state index is 11.8. The molecular formula is C22H27N3O. The van der Waals surface area contributed by atoms with E-state index in [9.17, 15) is 4.79 Å². The summed E-state index contributed by atoms with van der Waals surface area (Å²) in [5, 5.41) is 4.77. The van der Waals surface area contributed by atoms with Crippen LogP contribution in [0.3, 0.4) is 0 Å². The fourth-order valence-corrected chi connectivity index (χ4v) is 4.21. The molecule has 26 heavy (non-hydrogen) atoms. The summed E-state index contributed by atoms with van der Waals surface area (Å²) in [7, 11) is 1.80. The number of hydrogen-bond donors (Lipinski definition) is 2. The highest BCUT2D eigenvalue weighted by Crippen LogP contribution is 2.37. The van der Waals surface area contributed by atoms with Crippen molar-refractivity contribution in [1.29, 1.82) is 0 Å². The van der Waals surface area contributed by atoms with Crippen molar-refractivity contribution < 1.29 is 0 Å². The Labute approximate surface area is 154 Å². The summed E-state index contributed by atoms with van der Waals surface area (Å²) in [5.41, 5.74) is 6.18. The van der Waals surface area contributed by atoms with E-state index >= 15 is 0 Å². The van der Waals surface area contributed by atoms with E-state index in [-0.39, 0.29) is 5.56 Å². The summed E-state index contributed by atoms with van der Waals surface area (Å²) in [6.07, 6.45) is 4.34. The molecule has 0 amide bonds. The molecule has 0 atom stereocenters. The first kappa shape index (κ1) is 17.1. The molecule has 2 aromatic heterocycles. The van der Waals surface area contributed by atoms with Crippen LogP contribution in [0.5, 0.6) is 0 Å². The predicted octanol–water partition coefficient (Wildman–Crippen LogP) is 4.12. The summed E-state index contributed by atoms with van der Waals surface area (Å²) >= 11 is 0. The van der Waals surface area contributed by atoms with Crippen molar-refractivity contribution in [1.82, 2.24) is 14.9 Å². The minimum absolute atomic E-state index is 0.0177. The lowest BCUT2D eigenvalue weighted by Crippen LogP contribution is -2.26. The Hall–Kier alpha value is -2.33. The third-order valence-corrected chi connectivity index (χ3v) is 5.63. The van der Waals surface area contributed by atoms with Gasteiger partial charge < -0.3 is 14.9 Å². The van der Waals surface area contributed by atoms with Gasteiger partial charge in [-0.1, -0.05) is 19.9 Å². The van der Waals surface area contributed by atoms with Gasteiger partial charge in [0.15, 0.2) is 0 Å². The molecule has 2 N–H and O–H groups in total. The Bertz CT molecular complexity index is 990. The minimum atomic E-state index is 0.0177. The zero-order valence-corrected chi connectivity index (χ0v) is 15.8. The molecule has 1 saturated heterocycles. The van der Waals surface area contributed by atoms with Gasteiger partial charge in [0.05, 0.1) is 5.69 Å². The Morgan fingerprint density at radius 3 is 2.58 bits per heavy atom. The van der Waals surface area contributed by atoms with E-state index in [2.05, 4.69) is 42.3 Å². The zero-order valence-electron chi connectivity index (χ0n) is 15.8. The van der Waals surface area contributed by atoms with Crippen LogP contribution in [0.1, 0.15) is 49.7 Å². The number of piperidine rings is 1. The molecular weight excluding hydrogens is 322 g/mol. The normalized spacial score (nSPS) is 15.8. The average Bonchev–Trinajstić information content (AvgIpc) is 3.03. The van der Waals surface area contributed by atoms with Crippen LogP contribution in [-0.4, -0.2) is 22.6 Å². The number of aromatic amines is 1. The van der Waals surface area contributed by atoms with E-state index in [1.165, 1.54) is 34.9 Å². The van der Waals surface area contributed by atoms with Gasteiger partial charge in [0.2, 0.25) is 5.56 Å². The number of benzene rings is 1. The highest BCUT2D eigenvalue weighted by Gasteiger charge is 2.20. The van der Waals surface area contributed by atoms with Crippen molar-refractivity contribution in [2.45, 2.75) is 38.5 Å². The van der Waals surface area contributed by atoms with Crippen molar-refractivity contribution >= 4 is 10.9 Å². The van der Waals surface area contributed by atoms with Crippen LogP contribution in [0, 0.1) is 0 Å².